The highest BCUT2D eigenvalue weighted by Gasteiger charge is 2.19. The zero-order chi connectivity index (χ0) is 21.3. The molecule has 1 N–H and O–H groups in total. The van der Waals surface area contributed by atoms with Crippen LogP contribution in [-0.4, -0.2) is 29.4 Å². The van der Waals surface area contributed by atoms with Gasteiger partial charge in [0.1, 0.15) is 5.69 Å². The van der Waals surface area contributed by atoms with Gasteiger partial charge in [-0.3, -0.25) is 4.79 Å². The van der Waals surface area contributed by atoms with Gasteiger partial charge >= 0.3 is 0 Å². The molecule has 0 bridgehead atoms. The molecule has 0 aliphatic carbocycles. The van der Waals surface area contributed by atoms with Crippen LogP contribution in [0.15, 0.2) is 53.4 Å². The van der Waals surface area contributed by atoms with Crippen molar-refractivity contribution >= 4 is 21.4 Å². The molecule has 0 spiro atoms. The molecule has 0 aliphatic heterocycles. The fraction of sp³-hybridized carbons (Fsp3) is 0.238. The van der Waals surface area contributed by atoms with Crippen LogP contribution in [0.5, 0.6) is 0 Å². The second-order valence-electron chi connectivity index (χ2n) is 7.08. The highest BCUT2D eigenvalue weighted by atomic mass is 32.2. The Morgan fingerprint density at radius 3 is 2.24 bits per heavy atom. The first-order valence-electron chi connectivity index (χ1n) is 9.08. The fourth-order valence-electron chi connectivity index (χ4n) is 2.90. The van der Waals surface area contributed by atoms with Gasteiger partial charge in [0.05, 0.1) is 15.8 Å². The Labute approximate surface area is 169 Å². The van der Waals surface area contributed by atoms with Gasteiger partial charge in [-0.05, 0) is 76.2 Å². The van der Waals surface area contributed by atoms with E-state index in [0.717, 1.165) is 11.4 Å². The van der Waals surface area contributed by atoms with E-state index in [2.05, 4.69) is 10.4 Å². The number of nitrogens with zero attached hydrogens (tertiary/aromatic N) is 2. The number of hydrogen-bond acceptors (Lipinski definition) is 4. The van der Waals surface area contributed by atoms with E-state index >= 15 is 0 Å². The fourth-order valence-corrected chi connectivity index (χ4v) is 3.96. The largest absolute Gasteiger partial charge is 0.322 e. The van der Waals surface area contributed by atoms with Crippen molar-refractivity contribution in [1.29, 1.82) is 0 Å². The van der Waals surface area contributed by atoms with E-state index in [0.29, 0.717) is 0 Å². The van der Waals surface area contributed by atoms with Gasteiger partial charge in [0, 0.05) is 16.9 Å². The number of halogens is 1. The third kappa shape index (κ3) is 4.22. The lowest BCUT2D eigenvalue weighted by atomic mass is 10.2. The van der Waals surface area contributed by atoms with Crippen LogP contribution < -0.4 is 5.32 Å². The summed E-state index contributed by atoms with van der Waals surface area (Å²) in [7, 11) is -3.41. The molecule has 1 heterocycles. The number of aromatic nitrogens is 2. The van der Waals surface area contributed by atoms with E-state index < -0.39 is 26.8 Å². The van der Waals surface area contributed by atoms with Crippen molar-refractivity contribution in [2.24, 2.45) is 0 Å². The highest BCUT2D eigenvalue weighted by Crippen LogP contribution is 2.21. The first-order valence-corrected chi connectivity index (χ1v) is 10.6. The first-order chi connectivity index (χ1) is 13.6. The molecular weight excluding hydrogens is 393 g/mol. The summed E-state index contributed by atoms with van der Waals surface area (Å²) in [6, 6.07) is 11.9. The molecule has 0 unspecified atom stereocenters. The summed E-state index contributed by atoms with van der Waals surface area (Å²) in [4.78, 5) is 12.6. The zero-order valence-electron chi connectivity index (χ0n) is 16.6. The van der Waals surface area contributed by atoms with Crippen LogP contribution in [0, 0.1) is 19.7 Å². The highest BCUT2D eigenvalue weighted by molar-refractivity contribution is 7.92. The molecule has 6 nitrogen and oxygen atoms in total. The number of nitrogens with one attached hydrogen (secondary N) is 1. The average molecular weight is 415 g/mol. The minimum atomic E-state index is -3.41. The van der Waals surface area contributed by atoms with E-state index in [1.807, 2.05) is 19.9 Å². The van der Waals surface area contributed by atoms with E-state index in [4.69, 9.17) is 0 Å². The van der Waals surface area contributed by atoms with E-state index in [-0.39, 0.29) is 21.8 Å². The van der Waals surface area contributed by atoms with Crippen LogP contribution in [0.1, 0.15) is 35.6 Å². The molecule has 29 heavy (non-hydrogen) atoms. The summed E-state index contributed by atoms with van der Waals surface area (Å²) in [6.07, 6.45) is 0. The van der Waals surface area contributed by atoms with Crippen molar-refractivity contribution in [2.75, 3.05) is 5.32 Å². The monoisotopic (exact) mass is 415 g/mol. The Morgan fingerprint density at radius 1 is 1.07 bits per heavy atom. The average Bonchev–Trinajstić information content (AvgIpc) is 2.99. The summed E-state index contributed by atoms with van der Waals surface area (Å²) >= 11 is 0. The number of carbonyl (C=O) groups excluding carboxylic acids is 1. The number of anilines is 1. The number of amides is 1. The minimum absolute atomic E-state index is 0.157. The van der Waals surface area contributed by atoms with Crippen LogP contribution in [0.3, 0.4) is 0 Å². The number of rotatable bonds is 5. The van der Waals surface area contributed by atoms with Gasteiger partial charge in [-0.2, -0.15) is 5.10 Å². The van der Waals surface area contributed by atoms with Crippen molar-refractivity contribution in [3.05, 3.63) is 71.3 Å². The Bertz CT molecular complexity index is 1170. The van der Waals surface area contributed by atoms with Crippen LogP contribution in [0.2, 0.25) is 0 Å². The van der Waals surface area contributed by atoms with Crippen LogP contribution in [0.4, 0.5) is 10.1 Å². The van der Waals surface area contributed by atoms with Crippen molar-refractivity contribution in [1.82, 2.24) is 9.78 Å². The Hall–Kier alpha value is -3.00. The van der Waals surface area contributed by atoms with Crippen LogP contribution >= 0.6 is 0 Å². The topological polar surface area (TPSA) is 81.1 Å². The normalized spacial score (nSPS) is 11.7. The van der Waals surface area contributed by atoms with Gasteiger partial charge in [-0.15, -0.1) is 0 Å². The quantitative estimate of drug-likeness (QED) is 0.681. The minimum Gasteiger partial charge on any atom is -0.322 e. The number of aryl methyl sites for hydroxylation is 2. The number of hydrogen-bond donors (Lipinski definition) is 1. The van der Waals surface area contributed by atoms with Gasteiger partial charge in [-0.1, -0.05) is 0 Å². The Kier molecular flexibility index (Phi) is 5.57. The third-order valence-corrected chi connectivity index (χ3v) is 6.68. The van der Waals surface area contributed by atoms with Crippen LogP contribution in [0.25, 0.3) is 5.69 Å². The first kappa shape index (κ1) is 20.7. The molecule has 3 rings (SSSR count). The Morgan fingerprint density at radius 2 is 1.72 bits per heavy atom. The zero-order valence-corrected chi connectivity index (χ0v) is 17.4. The second kappa shape index (κ2) is 7.79. The van der Waals surface area contributed by atoms with Crippen molar-refractivity contribution < 1.29 is 17.6 Å². The molecule has 0 saturated heterocycles. The Balaban J connectivity index is 1.79. The summed E-state index contributed by atoms with van der Waals surface area (Å²) < 4.78 is 40.4. The molecule has 2 aromatic carbocycles. The van der Waals surface area contributed by atoms with Gasteiger partial charge in [-0.25, -0.2) is 17.5 Å². The molecule has 1 amide bonds. The SMILES string of the molecule is Cc1cc(C)n(-c2ccc(NC(=O)c3ccc(S(=O)(=O)C(C)C)cc3)cc2F)n1. The van der Waals surface area contributed by atoms with E-state index in [1.165, 1.54) is 35.0 Å². The summed E-state index contributed by atoms with van der Waals surface area (Å²) in [5.74, 6) is -0.982. The molecule has 0 fully saturated rings. The number of benzene rings is 2. The standard InChI is InChI=1S/C21H22FN3O3S/c1-13(2)29(27,28)18-8-5-16(6-9-18)21(26)23-17-7-10-20(19(22)12-17)25-15(4)11-14(3)24-25/h5-13H,1-4H3,(H,23,26). The van der Waals surface area contributed by atoms with Crippen molar-refractivity contribution in [3.63, 3.8) is 0 Å². The maximum atomic E-state index is 14.6. The maximum absolute atomic E-state index is 14.6. The van der Waals surface area contributed by atoms with Gasteiger partial charge in [0.25, 0.3) is 5.91 Å². The van der Waals surface area contributed by atoms with Gasteiger partial charge in [0.2, 0.25) is 0 Å². The summed E-state index contributed by atoms with van der Waals surface area (Å²) in [5.41, 5.74) is 2.43. The van der Waals surface area contributed by atoms with E-state index in [1.54, 1.807) is 26.0 Å². The molecule has 0 radical (unpaired) electrons. The van der Waals surface area contributed by atoms with Crippen molar-refractivity contribution in [2.45, 2.75) is 37.8 Å². The second-order valence-corrected chi connectivity index (χ2v) is 9.58. The molecule has 3 aromatic rings. The van der Waals surface area contributed by atoms with E-state index in [9.17, 15) is 17.6 Å². The lowest BCUT2D eigenvalue weighted by Crippen LogP contribution is -2.15. The molecule has 0 saturated carbocycles. The number of sulfone groups is 1. The molecular formula is C21H22FN3O3S. The lowest BCUT2D eigenvalue weighted by Gasteiger charge is -2.10. The predicted octanol–water partition coefficient (Wildman–Crippen LogP) is 4.06. The van der Waals surface area contributed by atoms with Gasteiger partial charge < -0.3 is 5.32 Å². The smallest absolute Gasteiger partial charge is 0.255 e. The van der Waals surface area contributed by atoms with Gasteiger partial charge in [0.15, 0.2) is 15.7 Å². The number of carbonyl (C=O) groups is 1. The maximum Gasteiger partial charge on any atom is 0.255 e. The molecule has 8 heteroatoms. The molecule has 1 aromatic heterocycles. The van der Waals surface area contributed by atoms with Crippen LogP contribution in [-0.2, 0) is 9.84 Å². The van der Waals surface area contributed by atoms with Crippen molar-refractivity contribution in [3.8, 4) is 5.69 Å². The summed E-state index contributed by atoms with van der Waals surface area (Å²) in [5, 5.41) is 6.33. The predicted molar refractivity (Wildman–Crippen MR) is 110 cm³/mol. The molecule has 0 atom stereocenters. The third-order valence-electron chi connectivity index (χ3n) is 4.51. The lowest BCUT2D eigenvalue weighted by molar-refractivity contribution is 0.102. The summed E-state index contributed by atoms with van der Waals surface area (Å²) in [6.45, 7) is 6.85. The molecule has 152 valence electrons. The molecule has 0 aliphatic rings.